The Labute approximate surface area is 86.9 Å². The number of likely N-dealkylation sites (tertiary alicyclic amines) is 1. The van der Waals surface area contributed by atoms with Crippen LogP contribution in [0.5, 0.6) is 0 Å². The fourth-order valence-electron chi connectivity index (χ4n) is 2.01. The zero-order valence-corrected chi connectivity index (χ0v) is 9.38. The summed E-state index contributed by atoms with van der Waals surface area (Å²) < 4.78 is 0. The molecule has 0 bridgehead atoms. The average Bonchev–Trinajstić information content (AvgIpc) is 2.12. The van der Waals surface area contributed by atoms with Crippen molar-refractivity contribution in [2.75, 3.05) is 33.2 Å². The molecule has 1 rings (SSSR count). The Bertz CT molecular complexity index is 182. The monoisotopic (exact) mass is 198 g/mol. The molecule has 3 nitrogen and oxygen atoms in total. The first kappa shape index (κ1) is 11.7. The van der Waals surface area contributed by atoms with Crippen LogP contribution in [-0.2, 0) is 4.79 Å². The van der Waals surface area contributed by atoms with Crippen molar-refractivity contribution in [1.29, 1.82) is 0 Å². The average molecular weight is 198 g/mol. The number of carbonyl (C=O) groups is 1. The molecule has 0 aromatic rings. The maximum absolute atomic E-state index is 10.7. The van der Waals surface area contributed by atoms with Gasteiger partial charge in [0.25, 0.3) is 0 Å². The van der Waals surface area contributed by atoms with Crippen LogP contribution >= 0.6 is 0 Å². The maximum Gasteiger partial charge on any atom is 0.131 e. The second kappa shape index (κ2) is 6.14. The second-order valence-electron chi connectivity index (χ2n) is 4.43. The second-order valence-corrected chi connectivity index (χ2v) is 4.43. The summed E-state index contributed by atoms with van der Waals surface area (Å²) in [7, 11) is 2.18. The third kappa shape index (κ3) is 4.72. The van der Waals surface area contributed by atoms with Gasteiger partial charge in [-0.25, -0.2) is 0 Å². The summed E-state index contributed by atoms with van der Waals surface area (Å²) in [6.07, 6.45) is 3.32. The van der Waals surface area contributed by atoms with E-state index in [0.717, 1.165) is 19.0 Å². The number of hydrogen-bond acceptors (Lipinski definition) is 3. The van der Waals surface area contributed by atoms with Crippen LogP contribution in [0.1, 0.15) is 26.2 Å². The zero-order valence-electron chi connectivity index (χ0n) is 9.38. The van der Waals surface area contributed by atoms with Crippen LogP contribution in [0.4, 0.5) is 0 Å². The fourth-order valence-corrected chi connectivity index (χ4v) is 2.01. The summed E-state index contributed by atoms with van der Waals surface area (Å²) in [6, 6.07) is 0. The Balaban J connectivity index is 2.03. The highest BCUT2D eigenvalue weighted by molar-refractivity contribution is 5.75. The van der Waals surface area contributed by atoms with Crippen molar-refractivity contribution in [3.05, 3.63) is 0 Å². The molecule has 0 saturated carbocycles. The normalized spacial score (nSPS) is 23.7. The van der Waals surface area contributed by atoms with E-state index in [4.69, 9.17) is 0 Å². The lowest BCUT2D eigenvalue weighted by molar-refractivity contribution is -0.116. The third-order valence-corrected chi connectivity index (χ3v) is 2.81. The minimum absolute atomic E-state index is 0.276. The van der Waals surface area contributed by atoms with Crippen molar-refractivity contribution in [1.82, 2.24) is 10.2 Å². The predicted octanol–water partition coefficient (Wildman–Crippen LogP) is 0.897. The maximum atomic E-state index is 10.7. The summed E-state index contributed by atoms with van der Waals surface area (Å²) >= 11 is 0. The number of ketones is 1. The molecular weight excluding hydrogens is 176 g/mol. The van der Waals surface area contributed by atoms with E-state index < -0.39 is 0 Å². The van der Waals surface area contributed by atoms with Gasteiger partial charge in [0.1, 0.15) is 5.78 Å². The quantitative estimate of drug-likeness (QED) is 0.666. The van der Waals surface area contributed by atoms with Crippen molar-refractivity contribution in [2.24, 2.45) is 5.92 Å². The predicted molar refractivity (Wildman–Crippen MR) is 58.4 cm³/mol. The van der Waals surface area contributed by atoms with Gasteiger partial charge in [-0.15, -0.1) is 0 Å². The first-order chi connectivity index (χ1) is 6.68. The molecule has 1 fully saturated rings. The zero-order chi connectivity index (χ0) is 10.4. The van der Waals surface area contributed by atoms with E-state index in [0.29, 0.717) is 6.42 Å². The number of carbonyl (C=O) groups excluding carboxylic acids is 1. The highest BCUT2D eigenvalue weighted by Crippen LogP contribution is 2.13. The lowest BCUT2D eigenvalue weighted by atomic mass is 9.98. The Morgan fingerprint density at radius 3 is 3.00 bits per heavy atom. The van der Waals surface area contributed by atoms with Gasteiger partial charge in [-0.05, 0) is 45.8 Å². The van der Waals surface area contributed by atoms with Crippen LogP contribution in [0, 0.1) is 5.92 Å². The Hall–Kier alpha value is -0.410. The first-order valence-electron chi connectivity index (χ1n) is 5.57. The smallest absolute Gasteiger partial charge is 0.131 e. The van der Waals surface area contributed by atoms with E-state index in [1.807, 2.05) is 0 Å². The first-order valence-corrected chi connectivity index (χ1v) is 5.57. The topological polar surface area (TPSA) is 32.3 Å². The highest BCUT2D eigenvalue weighted by atomic mass is 16.1. The molecule has 0 aromatic carbocycles. The van der Waals surface area contributed by atoms with E-state index in [9.17, 15) is 4.79 Å². The fraction of sp³-hybridized carbons (Fsp3) is 0.909. The Kier molecular flexibility index (Phi) is 5.12. The summed E-state index contributed by atoms with van der Waals surface area (Å²) in [5, 5.41) is 3.36. The molecule has 1 aliphatic rings. The van der Waals surface area contributed by atoms with Crippen molar-refractivity contribution < 1.29 is 4.79 Å². The molecule has 0 aromatic heterocycles. The highest BCUT2D eigenvalue weighted by Gasteiger charge is 2.16. The molecule has 82 valence electrons. The van der Waals surface area contributed by atoms with Crippen molar-refractivity contribution in [3.8, 4) is 0 Å². The molecule has 1 heterocycles. The molecule has 0 spiro atoms. The number of piperidine rings is 1. The largest absolute Gasteiger partial charge is 0.316 e. The number of nitrogens with one attached hydrogen (secondary N) is 1. The Morgan fingerprint density at radius 1 is 1.57 bits per heavy atom. The van der Waals surface area contributed by atoms with Gasteiger partial charge in [0.15, 0.2) is 0 Å². The lowest BCUT2D eigenvalue weighted by Crippen LogP contribution is -2.37. The van der Waals surface area contributed by atoms with Crippen molar-refractivity contribution in [2.45, 2.75) is 26.2 Å². The van der Waals surface area contributed by atoms with Gasteiger partial charge in [0.05, 0.1) is 0 Å². The van der Waals surface area contributed by atoms with E-state index in [1.54, 1.807) is 6.92 Å². The van der Waals surface area contributed by atoms with E-state index >= 15 is 0 Å². The van der Waals surface area contributed by atoms with Crippen molar-refractivity contribution in [3.63, 3.8) is 0 Å². The third-order valence-electron chi connectivity index (χ3n) is 2.81. The van der Waals surface area contributed by atoms with Gasteiger partial charge in [-0.2, -0.15) is 0 Å². The van der Waals surface area contributed by atoms with Gasteiger partial charge >= 0.3 is 0 Å². The molecule has 1 aliphatic heterocycles. The summed E-state index contributed by atoms with van der Waals surface area (Å²) in [6.45, 7) is 6.00. The molecule has 0 amide bonds. The van der Waals surface area contributed by atoms with Gasteiger partial charge in [-0.1, -0.05) is 0 Å². The van der Waals surface area contributed by atoms with E-state index in [2.05, 4.69) is 17.3 Å². The Morgan fingerprint density at radius 2 is 2.36 bits per heavy atom. The molecule has 3 heteroatoms. The van der Waals surface area contributed by atoms with Crippen molar-refractivity contribution >= 4 is 5.78 Å². The number of hydrogen-bond donors (Lipinski definition) is 1. The molecule has 1 N–H and O–H groups in total. The van der Waals surface area contributed by atoms with E-state index in [-0.39, 0.29) is 5.78 Å². The van der Waals surface area contributed by atoms with Crippen LogP contribution < -0.4 is 5.32 Å². The number of Topliss-reactive ketones (excluding diaryl/α,β-unsaturated/α-hetero) is 1. The van der Waals surface area contributed by atoms with Gasteiger partial charge in [0, 0.05) is 19.5 Å². The molecular formula is C11H22N2O. The van der Waals surface area contributed by atoms with Gasteiger partial charge < -0.3 is 10.2 Å². The number of nitrogens with zero attached hydrogens (tertiary/aromatic N) is 1. The SMILES string of the molecule is CC(=O)CCNCC1CCCN(C)C1. The standard InChI is InChI=1S/C11H22N2O/c1-10(14)5-6-12-8-11-4-3-7-13(2)9-11/h11-12H,3-9H2,1-2H3. The summed E-state index contributed by atoms with van der Waals surface area (Å²) in [5.41, 5.74) is 0. The molecule has 14 heavy (non-hydrogen) atoms. The lowest BCUT2D eigenvalue weighted by Gasteiger charge is -2.29. The minimum Gasteiger partial charge on any atom is -0.316 e. The molecule has 0 radical (unpaired) electrons. The van der Waals surface area contributed by atoms with Gasteiger partial charge in [-0.3, -0.25) is 4.79 Å². The number of rotatable bonds is 5. The van der Waals surface area contributed by atoms with E-state index in [1.165, 1.54) is 25.9 Å². The van der Waals surface area contributed by atoms with Crippen LogP contribution in [-0.4, -0.2) is 43.9 Å². The summed E-state index contributed by atoms with van der Waals surface area (Å²) in [5.74, 6) is 1.05. The molecule has 1 saturated heterocycles. The van der Waals surface area contributed by atoms with Crippen LogP contribution in [0.2, 0.25) is 0 Å². The van der Waals surface area contributed by atoms with Crippen LogP contribution in [0.15, 0.2) is 0 Å². The van der Waals surface area contributed by atoms with Crippen LogP contribution in [0.25, 0.3) is 0 Å². The van der Waals surface area contributed by atoms with Crippen LogP contribution in [0.3, 0.4) is 0 Å². The molecule has 0 aliphatic carbocycles. The minimum atomic E-state index is 0.276. The summed E-state index contributed by atoms with van der Waals surface area (Å²) in [4.78, 5) is 13.1. The van der Waals surface area contributed by atoms with Gasteiger partial charge in [0.2, 0.25) is 0 Å². The molecule has 1 unspecified atom stereocenters. The molecule has 1 atom stereocenters.